The zero-order valence-corrected chi connectivity index (χ0v) is 17.8. The standard InChI is InChI=1S/C21H22ClN5O3/c1-12-18(13(2)24-21(23-12)27-8-10-29-11-9-27)25-20(28)17-14(3)30-26-19(17)15-6-4-5-7-16(15)22/h4-7H,8-11H2,1-3H3,(H,25,28). The summed E-state index contributed by atoms with van der Waals surface area (Å²) in [6.07, 6.45) is 0. The average molecular weight is 428 g/mol. The van der Waals surface area contributed by atoms with E-state index in [0.29, 0.717) is 63.8 Å². The number of rotatable bonds is 4. The molecule has 0 aliphatic carbocycles. The summed E-state index contributed by atoms with van der Waals surface area (Å²) in [6.45, 7) is 8.18. The van der Waals surface area contributed by atoms with E-state index in [9.17, 15) is 4.79 Å². The maximum absolute atomic E-state index is 13.2. The van der Waals surface area contributed by atoms with Crippen LogP contribution < -0.4 is 10.2 Å². The summed E-state index contributed by atoms with van der Waals surface area (Å²) in [6, 6.07) is 7.19. The maximum Gasteiger partial charge on any atom is 0.261 e. The van der Waals surface area contributed by atoms with Gasteiger partial charge in [-0.15, -0.1) is 0 Å². The minimum absolute atomic E-state index is 0.333. The highest BCUT2D eigenvalue weighted by molar-refractivity contribution is 6.33. The molecule has 1 aromatic carbocycles. The van der Waals surface area contributed by atoms with Crippen molar-refractivity contribution in [1.29, 1.82) is 0 Å². The van der Waals surface area contributed by atoms with Crippen LogP contribution in [0.25, 0.3) is 11.3 Å². The Kier molecular flexibility index (Phi) is 5.69. The van der Waals surface area contributed by atoms with Gasteiger partial charge in [-0.3, -0.25) is 4.79 Å². The predicted octanol–water partition coefficient (Wildman–Crippen LogP) is 3.80. The number of aromatic nitrogens is 3. The molecule has 0 atom stereocenters. The van der Waals surface area contributed by atoms with Crippen LogP contribution in [0, 0.1) is 20.8 Å². The van der Waals surface area contributed by atoms with Crippen molar-refractivity contribution in [3.63, 3.8) is 0 Å². The summed E-state index contributed by atoms with van der Waals surface area (Å²) >= 11 is 6.30. The Labute approximate surface area is 179 Å². The lowest BCUT2D eigenvalue weighted by Gasteiger charge is -2.27. The number of carbonyl (C=O) groups is 1. The number of morpholine rings is 1. The van der Waals surface area contributed by atoms with E-state index in [2.05, 4.69) is 25.3 Å². The number of nitrogens with zero attached hydrogens (tertiary/aromatic N) is 4. The topological polar surface area (TPSA) is 93.4 Å². The summed E-state index contributed by atoms with van der Waals surface area (Å²) < 4.78 is 10.7. The Bertz CT molecular complexity index is 1070. The van der Waals surface area contributed by atoms with Crippen LogP contribution in [0.1, 0.15) is 27.5 Å². The van der Waals surface area contributed by atoms with Gasteiger partial charge in [0.2, 0.25) is 5.95 Å². The van der Waals surface area contributed by atoms with Gasteiger partial charge < -0.3 is 19.5 Å². The lowest BCUT2D eigenvalue weighted by atomic mass is 10.1. The molecule has 156 valence electrons. The first kappa shape index (κ1) is 20.3. The van der Waals surface area contributed by atoms with E-state index in [-0.39, 0.29) is 5.91 Å². The molecule has 1 saturated heterocycles. The van der Waals surface area contributed by atoms with E-state index in [1.165, 1.54) is 0 Å². The van der Waals surface area contributed by atoms with Crippen molar-refractivity contribution >= 4 is 29.1 Å². The molecule has 0 radical (unpaired) electrons. The SMILES string of the molecule is Cc1nc(N2CCOCC2)nc(C)c1NC(=O)c1c(-c2ccccc2Cl)noc1C. The van der Waals surface area contributed by atoms with Gasteiger partial charge in [-0.1, -0.05) is 35.0 Å². The largest absolute Gasteiger partial charge is 0.378 e. The molecule has 1 N–H and O–H groups in total. The summed E-state index contributed by atoms with van der Waals surface area (Å²) in [7, 11) is 0. The molecule has 3 aromatic rings. The van der Waals surface area contributed by atoms with Crippen LogP contribution in [-0.4, -0.2) is 47.3 Å². The molecule has 1 amide bonds. The lowest BCUT2D eigenvalue weighted by molar-refractivity contribution is 0.102. The van der Waals surface area contributed by atoms with E-state index in [1.807, 2.05) is 26.0 Å². The van der Waals surface area contributed by atoms with Crippen LogP contribution in [0.15, 0.2) is 28.8 Å². The van der Waals surface area contributed by atoms with Gasteiger partial charge in [0.05, 0.1) is 35.3 Å². The van der Waals surface area contributed by atoms with Crippen LogP contribution in [-0.2, 0) is 4.74 Å². The Hall–Kier alpha value is -2.97. The predicted molar refractivity (Wildman–Crippen MR) is 114 cm³/mol. The number of anilines is 2. The maximum atomic E-state index is 13.2. The van der Waals surface area contributed by atoms with Crippen LogP contribution in [0.2, 0.25) is 5.02 Å². The first-order valence-electron chi connectivity index (χ1n) is 9.66. The van der Waals surface area contributed by atoms with Crippen LogP contribution in [0.3, 0.4) is 0 Å². The normalized spacial score (nSPS) is 14.1. The highest BCUT2D eigenvalue weighted by atomic mass is 35.5. The molecular weight excluding hydrogens is 406 g/mol. The van der Waals surface area contributed by atoms with Gasteiger partial charge in [-0.25, -0.2) is 9.97 Å². The summed E-state index contributed by atoms with van der Waals surface area (Å²) in [5.74, 6) is 0.699. The molecule has 0 bridgehead atoms. The zero-order chi connectivity index (χ0) is 21.3. The Morgan fingerprint density at radius 3 is 2.43 bits per heavy atom. The Morgan fingerprint density at radius 1 is 1.10 bits per heavy atom. The van der Waals surface area contributed by atoms with E-state index in [0.717, 1.165) is 13.1 Å². The number of carbonyl (C=O) groups excluding carboxylic acids is 1. The molecule has 4 rings (SSSR count). The van der Waals surface area contributed by atoms with Crippen LogP contribution in [0.5, 0.6) is 0 Å². The lowest BCUT2D eigenvalue weighted by Crippen LogP contribution is -2.37. The monoisotopic (exact) mass is 427 g/mol. The van der Waals surface area contributed by atoms with Crippen molar-refractivity contribution < 1.29 is 14.1 Å². The molecule has 1 fully saturated rings. The van der Waals surface area contributed by atoms with Crippen molar-refractivity contribution in [2.24, 2.45) is 0 Å². The molecule has 0 spiro atoms. The third-order valence-corrected chi connectivity index (χ3v) is 5.34. The highest BCUT2D eigenvalue weighted by Gasteiger charge is 2.25. The number of nitrogens with one attached hydrogen (secondary N) is 1. The van der Waals surface area contributed by atoms with Crippen molar-refractivity contribution in [2.45, 2.75) is 20.8 Å². The zero-order valence-electron chi connectivity index (χ0n) is 17.0. The van der Waals surface area contributed by atoms with Gasteiger partial charge in [-0.05, 0) is 26.8 Å². The Balaban J connectivity index is 1.64. The second-order valence-corrected chi connectivity index (χ2v) is 7.47. The van der Waals surface area contributed by atoms with E-state index in [1.54, 1.807) is 19.1 Å². The highest BCUT2D eigenvalue weighted by Crippen LogP contribution is 2.32. The van der Waals surface area contributed by atoms with Gasteiger partial charge in [0.25, 0.3) is 5.91 Å². The van der Waals surface area contributed by atoms with Crippen molar-refractivity contribution in [1.82, 2.24) is 15.1 Å². The third kappa shape index (κ3) is 3.88. The van der Waals surface area contributed by atoms with Gasteiger partial charge in [0.15, 0.2) is 0 Å². The number of benzene rings is 1. The molecule has 2 aromatic heterocycles. The van der Waals surface area contributed by atoms with E-state index < -0.39 is 0 Å². The Morgan fingerprint density at radius 2 is 1.77 bits per heavy atom. The summed E-state index contributed by atoms with van der Waals surface area (Å²) in [5.41, 5.74) is 3.31. The summed E-state index contributed by atoms with van der Waals surface area (Å²) in [5, 5.41) is 7.48. The molecule has 3 heterocycles. The minimum atomic E-state index is -0.349. The number of hydrogen-bond donors (Lipinski definition) is 1. The number of halogens is 1. The smallest absolute Gasteiger partial charge is 0.261 e. The number of aryl methyl sites for hydroxylation is 3. The van der Waals surface area contributed by atoms with Crippen molar-refractivity contribution in [3.05, 3.63) is 52.0 Å². The van der Waals surface area contributed by atoms with E-state index >= 15 is 0 Å². The molecular formula is C21H22ClN5O3. The number of ether oxygens (including phenoxy) is 1. The molecule has 8 nitrogen and oxygen atoms in total. The van der Waals surface area contributed by atoms with Crippen LogP contribution in [0.4, 0.5) is 11.6 Å². The fourth-order valence-electron chi connectivity index (χ4n) is 3.44. The van der Waals surface area contributed by atoms with E-state index in [4.69, 9.17) is 20.9 Å². The van der Waals surface area contributed by atoms with Crippen LogP contribution >= 0.6 is 11.6 Å². The second kappa shape index (κ2) is 8.41. The van der Waals surface area contributed by atoms with Gasteiger partial charge in [-0.2, -0.15) is 0 Å². The first-order valence-corrected chi connectivity index (χ1v) is 10.0. The van der Waals surface area contributed by atoms with Gasteiger partial charge >= 0.3 is 0 Å². The fraction of sp³-hybridized carbons (Fsp3) is 0.333. The van der Waals surface area contributed by atoms with Gasteiger partial charge in [0.1, 0.15) is 17.0 Å². The summed E-state index contributed by atoms with van der Waals surface area (Å²) in [4.78, 5) is 24.4. The van der Waals surface area contributed by atoms with Gasteiger partial charge in [0, 0.05) is 18.7 Å². The minimum Gasteiger partial charge on any atom is -0.378 e. The molecule has 9 heteroatoms. The number of hydrogen-bond acceptors (Lipinski definition) is 7. The quantitative estimate of drug-likeness (QED) is 0.676. The van der Waals surface area contributed by atoms with Crippen molar-refractivity contribution in [3.8, 4) is 11.3 Å². The average Bonchev–Trinajstić information content (AvgIpc) is 3.12. The molecule has 1 aliphatic rings. The number of amides is 1. The molecule has 1 aliphatic heterocycles. The fourth-order valence-corrected chi connectivity index (χ4v) is 3.66. The third-order valence-electron chi connectivity index (χ3n) is 5.01. The van der Waals surface area contributed by atoms with Crippen molar-refractivity contribution in [2.75, 3.05) is 36.5 Å². The second-order valence-electron chi connectivity index (χ2n) is 7.07. The molecule has 0 unspecified atom stereocenters. The molecule has 30 heavy (non-hydrogen) atoms. The first-order chi connectivity index (χ1) is 14.5. The molecule has 0 saturated carbocycles.